The Morgan fingerprint density at radius 2 is 1.71 bits per heavy atom. The molecular weight excluding hydrogens is 306 g/mol. The second-order valence-corrected chi connectivity index (χ2v) is 6.44. The van der Waals surface area contributed by atoms with E-state index in [1.165, 1.54) is 0 Å². The molecule has 0 aliphatic heterocycles. The molecule has 0 atom stereocenters. The molecule has 0 unspecified atom stereocenters. The van der Waals surface area contributed by atoms with E-state index in [4.69, 9.17) is 9.26 Å². The molecule has 0 saturated heterocycles. The largest absolute Gasteiger partial charge is 0.454 e. The zero-order chi connectivity index (χ0) is 17.3. The molecule has 0 radical (unpaired) electrons. The number of esters is 1. The van der Waals surface area contributed by atoms with Gasteiger partial charge in [-0.2, -0.15) is 0 Å². The Balaban J connectivity index is 2.00. The van der Waals surface area contributed by atoms with Gasteiger partial charge in [-0.05, 0) is 39.0 Å². The van der Waals surface area contributed by atoms with E-state index in [0.717, 1.165) is 0 Å². The van der Waals surface area contributed by atoms with Gasteiger partial charge in [-0.1, -0.05) is 35.5 Å². The van der Waals surface area contributed by atoms with Crippen molar-refractivity contribution >= 4 is 22.7 Å². The molecular formula is C19H17NO4. The molecule has 5 nitrogen and oxygen atoms in total. The minimum absolute atomic E-state index is 0.00244. The molecule has 24 heavy (non-hydrogen) atoms. The molecule has 1 heterocycles. The fourth-order valence-electron chi connectivity index (χ4n) is 2.31. The number of hydrogen-bond donors (Lipinski definition) is 0. The summed E-state index contributed by atoms with van der Waals surface area (Å²) < 4.78 is 10.4. The summed E-state index contributed by atoms with van der Waals surface area (Å²) in [5.74, 6) is -0.731. The molecule has 0 amide bonds. The number of nitrogens with zero attached hydrogens (tertiary/aromatic N) is 1. The van der Waals surface area contributed by atoms with Crippen LogP contribution >= 0.6 is 0 Å². The lowest BCUT2D eigenvalue weighted by atomic mass is 10.0. The first-order valence-electron chi connectivity index (χ1n) is 7.58. The summed E-state index contributed by atoms with van der Waals surface area (Å²) in [5.41, 5.74) is 0.891. The van der Waals surface area contributed by atoms with E-state index in [9.17, 15) is 9.59 Å². The smallest absolute Gasteiger partial charge is 0.378 e. The molecule has 0 aliphatic carbocycles. The van der Waals surface area contributed by atoms with Gasteiger partial charge >= 0.3 is 5.97 Å². The molecule has 0 saturated carbocycles. The van der Waals surface area contributed by atoms with Crippen molar-refractivity contribution in [2.24, 2.45) is 0 Å². The highest BCUT2D eigenvalue weighted by molar-refractivity contribution is 6.11. The zero-order valence-corrected chi connectivity index (χ0v) is 13.7. The number of ketones is 1. The van der Waals surface area contributed by atoms with E-state index < -0.39 is 11.6 Å². The van der Waals surface area contributed by atoms with E-state index in [-0.39, 0.29) is 11.5 Å². The number of benzene rings is 2. The van der Waals surface area contributed by atoms with Crippen molar-refractivity contribution in [1.82, 2.24) is 5.16 Å². The summed E-state index contributed by atoms with van der Waals surface area (Å²) in [6.07, 6.45) is 0. The fourth-order valence-corrected chi connectivity index (χ4v) is 2.31. The number of fused-ring (bicyclic) bond motifs is 1. The summed E-state index contributed by atoms with van der Waals surface area (Å²) in [4.78, 5) is 24.8. The van der Waals surface area contributed by atoms with E-state index in [2.05, 4.69) is 5.16 Å². The first-order chi connectivity index (χ1) is 11.3. The molecule has 0 aliphatic rings. The van der Waals surface area contributed by atoms with Crippen LogP contribution in [-0.4, -0.2) is 22.5 Å². The van der Waals surface area contributed by atoms with E-state index in [1.54, 1.807) is 63.2 Å². The zero-order valence-electron chi connectivity index (χ0n) is 13.7. The maximum absolute atomic E-state index is 12.6. The number of carbonyl (C=O) groups excluding carboxylic acids is 2. The average Bonchev–Trinajstić information content (AvgIpc) is 2.96. The molecule has 0 fully saturated rings. The second kappa shape index (κ2) is 5.92. The molecule has 0 N–H and O–H groups in total. The highest BCUT2D eigenvalue weighted by atomic mass is 16.6. The standard InChI is InChI=1S/C19H17NO4/c1-19(2,3)23-18(22)17-14-11-13(9-10-15(14)20-24-17)16(21)12-7-5-4-6-8-12/h4-11H,1-3H3. The predicted octanol–water partition coefficient (Wildman–Crippen LogP) is 4.01. The van der Waals surface area contributed by atoms with Gasteiger partial charge < -0.3 is 9.26 Å². The molecule has 3 aromatic rings. The topological polar surface area (TPSA) is 69.4 Å². The van der Waals surface area contributed by atoms with Crippen LogP contribution in [-0.2, 0) is 4.74 Å². The minimum Gasteiger partial charge on any atom is -0.454 e. The Bertz CT molecular complexity index is 904. The van der Waals surface area contributed by atoms with Crippen molar-refractivity contribution < 1.29 is 18.8 Å². The van der Waals surface area contributed by atoms with Gasteiger partial charge in [0.05, 0.1) is 5.39 Å². The normalized spacial score (nSPS) is 11.5. The molecule has 0 spiro atoms. The lowest BCUT2D eigenvalue weighted by Gasteiger charge is -2.18. The van der Waals surface area contributed by atoms with Crippen molar-refractivity contribution in [2.75, 3.05) is 0 Å². The fraction of sp³-hybridized carbons (Fsp3) is 0.211. The Morgan fingerprint density at radius 3 is 2.38 bits per heavy atom. The Labute approximate surface area is 139 Å². The van der Waals surface area contributed by atoms with Crippen LogP contribution in [0.2, 0.25) is 0 Å². The van der Waals surface area contributed by atoms with Crippen LogP contribution < -0.4 is 0 Å². The summed E-state index contributed by atoms with van der Waals surface area (Å²) >= 11 is 0. The molecule has 2 aromatic carbocycles. The van der Waals surface area contributed by atoms with Crippen LogP contribution in [0.5, 0.6) is 0 Å². The highest BCUT2D eigenvalue weighted by Crippen LogP contribution is 2.23. The quantitative estimate of drug-likeness (QED) is 0.538. The van der Waals surface area contributed by atoms with Gasteiger partial charge in [-0.25, -0.2) is 4.79 Å². The van der Waals surface area contributed by atoms with Crippen LogP contribution in [0.1, 0.15) is 47.2 Å². The van der Waals surface area contributed by atoms with Crippen LogP contribution in [0, 0.1) is 0 Å². The van der Waals surface area contributed by atoms with Gasteiger partial charge in [0.25, 0.3) is 5.76 Å². The molecule has 3 rings (SSSR count). The summed E-state index contributed by atoms with van der Waals surface area (Å²) in [6.45, 7) is 5.31. The third kappa shape index (κ3) is 3.20. The lowest BCUT2D eigenvalue weighted by molar-refractivity contribution is 0.00306. The Hall–Kier alpha value is -2.95. The van der Waals surface area contributed by atoms with Crippen molar-refractivity contribution in [2.45, 2.75) is 26.4 Å². The predicted molar refractivity (Wildman–Crippen MR) is 89.1 cm³/mol. The van der Waals surface area contributed by atoms with Gasteiger partial charge in [0.15, 0.2) is 5.78 Å². The van der Waals surface area contributed by atoms with Crippen molar-refractivity contribution in [3.8, 4) is 0 Å². The summed E-state index contributed by atoms with van der Waals surface area (Å²) in [6, 6.07) is 13.9. The third-order valence-corrected chi connectivity index (χ3v) is 3.36. The van der Waals surface area contributed by atoms with Crippen molar-refractivity contribution in [3.05, 3.63) is 65.4 Å². The first kappa shape index (κ1) is 15.9. The van der Waals surface area contributed by atoms with Crippen molar-refractivity contribution in [1.29, 1.82) is 0 Å². The van der Waals surface area contributed by atoms with Gasteiger partial charge in [0.1, 0.15) is 11.1 Å². The monoisotopic (exact) mass is 323 g/mol. The maximum atomic E-state index is 12.6. The minimum atomic E-state index is -0.645. The van der Waals surface area contributed by atoms with Crippen LogP contribution in [0.15, 0.2) is 53.1 Å². The van der Waals surface area contributed by atoms with Crippen LogP contribution in [0.25, 0.3) is 10.9 Å². The molecule has 122 valence electrons. The van der Waals surface area contributed by atoms with Crippen LogP contribution in [0.4, 0.5) is 0 Å². The first-order valence-corrected chi connectivity index (χ1v) is 7.58. The number of carbonyl (C=O) groups is 2. The van der Waals surface area contributed by atoms with E-state index in [0.29, 0.717) is 22.0 Å². The van der Waals surface area contributed by atoms with Gasteiger partial charge in [0.2, 0.25) is 0 Å². The summed E-state index contributed by atoms with van der Waals surface area (Å²) in [5, 5.41) is 4.32. The highest BCUT2D eigenvalue weighted by Gasteiger charge is 2.24. The molecule has 5 heteroatoms. The number of rotatable bonds is 3. The second-order valence-electron chi connectivity index (χ2n) is 6.44. The Morgan fingerprint density at radius 1 is 1.00 bits per heavy atom. The van der Waals surface area contributed by atoms with Crippen LogP contribution in [0.3, 0.4) is 0 Å². The number of aromatic nitrogens is 1. The SMILES string of the molecule is CC(C)(C)OC(=O)c1onc2ccc(C(=O)c3ccccc3)cc12. The van der Waals surface area contributed by atoms with Gasteiger partial charge in [-0.3, -0.25) is 4.79 Å². The third-order valence-electron chi connectivity index (χ3n) is 3.36. The van der Waals surface area contributed by atoms with E-state index in [1.807, 2.05) is 6.07 Å². The number of ether oxygens (including phenoxy) is 1. The Kier molecular flexibility index (Phi) is 3.93. The molecule has 0 bridgehead atoms. The maximum Gasteiger partial charge on any atom is 0.378 e. The number of hydrogen-bond acceptors (Lipinski definition) is 5. The van der Waals surface area contributed by atoms with Gasteiger partial charge in [0, 0.05) is 11.1 Å². The average molecular weight is 323 g/mol. The van der Waals surface area contributed by atoms with Gasteiger partial charge in [-0.15, -0.1) is 0 Å². The lowest BCUT2D eigenvalue weighted by Crippen LogP contribution is -2.23. The van der Waals surface area contributed by atoms with E-state index >= 15 is 0 Å². The van der Waals surface area contributed by atoms with Crippen molar-refractivity contribution in [3.63, 3.8) is 0 Å². The molecule has 1 aromatic heterocycles. The summed E-state index contributed by atoms with van der Waals surface area (Å²) in [7, 11) is 0.